The van der Waals surface area contributed by atoms with E-state index in [0.29, 0.717) is 5.95 Å². The summed E-state index contributed by atoms with van der Waals surface area (Å²) >= 11 is 0. The van der Waals surface area contributed by atoms with E-state index in [4.69, 9.17) is 10.5 Å². The van der Waals surface area contributed by atoms with Gasteiger partial charge >= 0.3 is 0 Å². The predicted octanol–water partition coefficient (Wildman–Crippen LogP) is 2.84. The van der Waals surface area contributed by atoms with Crippen molar-refractivity contribution >= 4 is 5.95 Å². The van der Waals surface area contributed by atoms with E-state index in [1.54, 1.807) is 6.20 Å². The van der Waals surface area contributed by atoms with Crippen LogP contribution in [-0.4, -0.2) is 15.6 Å². The van der Waals surface area contributed by atoms with E-state index >= 15 is 0 Å². The number of imidazole rings is 1. The first-order valence-corrected chi connectivity index (χ1v) is 5.54. The van der Waals surface area contributed by atoms with Gasteiger partial charge in [0, 0.05) is 0 Å². The third-order valence-electron chi connectivity index (χ3n) is 2.18. The third-order valence-corrected chi connectivity index (χ3v) is 2.18. The molecule has 0 aliphatic heterocycles. The molecule has 3 N–H and O–H groups in total. The minimum absolute atomic E-state index is 0.181. The van der Waals surface area contributed by atoms with E-state index < -0.39 is 0 Å². The summed E-state index contributed by atoms with van der Waals surface area (Å²) in [5.41, 5.74) is 7.30. The minimum atomic E-state index is -0.181. The number of nitrogens with two attached hydrogens (primary N) is 1. The van der Waals surface area contributed by atoms with Gasteiger partial charge in [0.1, 0.15) is 11.4 Å². The van der Waals surface area contributed by atoms with Gasteiger partial charge in [0.25, 0.3) is 0 Å². The monoisotopic (exact) mass is 231 g/mol. The van der Waals surface area contributed by atoms with Gasteiger partial charge in [-0.05, 0) is 50.6 Å². The van der Waals surface area contributed by atoms with E-state index in [2.05, 4.69) is 9.97 Å². The van der Waals surface area contributed by atoms with Gasteiger partial charge in [-0.1, -0.05) is 0 Å². The van der Waals surface area contributed by atoms with Gasteiger partial charge in [-0.15, -0.1) is 0 Å². The summed E-state index contributed by atoms with van der Waals surface area (Å²) in [6.07, 6.45) is 1.72. The van der Waals surface area contributed by atoms with E-state index in [-0.39, 0.29) is 5.60 Å². The molecule has 0 unspecified atom stereocenters. The molecule has 2 rings (SSSR count). The number of ether oxygens (including phenoxy) is 1. The molecule has 1 aromatic heterocycles. The molecule has 4 nitrogen and oxygen atoms in total. The highest BCUT2D eigenvalue weighted by atomic mass is 16.5. The van der Waals surface area contributed by atoms with Crippen LogP contribution in [0.1, 0.15) is 20.8 Å². The number of hydrogen-bond acceptors (Lipinski definition) is 3. The second-order valence-corrected chi connectivity index (χ2v) is 4.92. The molecule has 0 saturated heterocycles. The van der Waals surface area contributed by atoms with Crippen LogP contribution in [0.2, 0.25) is 0 Å². The number of aromatic nitrogens is 2. The maximum Gasteiger partial charge on any atom is 0.197 e. The third kappa shape index (κ3) is 3.00. The van der Waals surface area contributed by atoms with Crippen molar-refractivity contribution in [2.45, 2.75) is 26.4 Å². The van der Waals surface area contributed by atoms with Gasteiger partial charge < -0.3 is 15.5 Å². The number of anilines is 1. The van der Waals surface area contributed by atoms with Gasteiger partial charge in [0.2, 0.25) is 0 Å². The fraction of sp³-hybridized carbons (Fsp3) is 0.308. The highest BCUT2D eigenvalue weighted by molar-refractivity contribution is 5.60. The smallest absolute Gasteiger partial charge is 0.197 e. The number of H-pyrrole nitrogens is 1. The quantitative estimate of drug-likeness (QED) is 0.835. The molecule has 0 spiro atoms. The zero-order valence-corrected chi connectivity index (χ0v) is 10.3. The number of benzene rings is 1. The maximum absolute atomic E-state index is 5.75. The van der Waals surface area contributed by atoms with Crippen molar-refractivity contribution in [2.24, 2.45) is 0 Å². The van der Waals surface area contributed by atoms with Crippen LogP contribution >= 0.6 is 0 Å². The van der Waals surface area contributed by atoms with E-state index in [1.807, 2.05) is 45.0 Å². The van der Waals surface area contributed by atoms with Crippen molar-refractivity contribution in [3.8, 4) is 17.0 Å². The second-order valence-electron chi connectivity index (χ2n) is 4.92. The molecular formula is C13H17N3O. The molecule has 1 aromatic carbocycles. The van der Waals surface area contributed by atoms with Gasteiger partial charge in [0.15, 0.2) is 5.95 Å². The van der Waals surface area contributed by atoms with Crippen molar-refractivity contribution < 1.29 is 4.74 Å². The molecular weight excluding hydrogens is 214 g/mol. The number of hydrogen-bond donors (Lipinski definition) is 2. The lowest BCUT2D eigenvalue weighted by Crippen LogP contribution is -2.22. The molecule has 1 heterocycles. The van der Waals surface area contributed by atoms with Crippen LogP contribution in [0.3, 0.4) is 0 Å². The Hall–Kier alpha value is -1.97. The minimum Gasteiger partial charge on any atom is -0.488 e. The van der Waals surface area contributed by atoms with Crippen LogP contribution in [0.15, 0.2) is 30.5 Å². The Morgan fingerprint density at radius 3 is 2.29 bits per heavy atom. The Labute approximate surface area is 101 Å². The topological polar surface area (TPSA) is 63.9 Å². The molecule has 0 fully saturated rings. The Morgan fingerprint density at radius 2 is 1.82 bits per heavy atom. The molecule has 0 saturated carbocycles. The lowest BCUT2D eigenvalue weighted by atomic mass is 10.1. The molecule has 90 valence electrons. The van der Waals surface area contributed by atoms with Gasteiger partial charge in [0.05, 0.1) is 11.9 Å². The van der Waals surface area contributed by atoms with Gasteiger partial charge in [-0.2, -0.15) is 0 Å². The molecule has 0 amide bonds. The lowest BCUT2D eigenvalue weighted by Gasteiger charge is -2.21. The molecule has 2 aromatic rings. The highest BCUT2D eigenvalue weighted by Gasteiger charge is 2.11. The number of nitrogens with one attached hydrogen (secondary N) is 1. The Kier molecular flexibility index (Phi) is 2.79. The molecule has 0 radical (unpaired) electrons. The SMILES string of the molecule is CC(C)(C)Oc1ccc(-c2cnc(N)[nH]2)cc1. The lowest BCUT2D eigenvalue weighted by molar-refractivity contribution is 0.131. The van der Waals surface area contributed by atoms with Crippen molar-refractivity contribution in [3.05, 3.63) is 30.5 Å². The molecule has 0 aliphatic carbocycles. The van der Waals surface area contributed by atoms with Gasteiger partial charge in [-0.3, -0.25) is 0 Å². The molecule has 0 aliphatic rings. The molecule has 0 bridgehead atoms. The van der Waals surface area contributed by atoms with Crippen molar-refractivity contribution in [3.63, 3.8) is 0 Å². The van der Waals surface area contributed by atoms with Crippen LogP contribution < -0.4 is 10.5 Å². The zero-order valence-electron chi connectivity index (χ0n) is 10.3. The first kappa shape index (κ1) is 11.5. The summed E-state index contributed by atoms with van der Waals surface area (Å²) in [6.45, 7) is 6.07. The zero-order chi connectivity index (χ0) is 12.5. The largest absolute Gasteiger partial charge is 0.488 e. The summed E-state index contributed by atoms with van der Waals surface area (Å²) in [7, 11) is 0. The summed E-state index contributed by atoms with van der Waals surface area (Å²) < 4.78 is 5.75. The first-order chi connectivity index (χ1) is 7.94. The van der Waals surface area contributed by atoms with Crippen LogP contribution in [0.5, 0.6) is 5.75 Å². The Morgan fingerprint density at radius 1 is 1.18 bits per heavy atom. The molecule has 0 atom stereocenters. The fourth-order valence-electron chi connectivity index (χ4n) is 1.54. The van der Waals surface area contributed by atoms with E-state index in [1.165, 1.54) is 0 Å². The Balaban J connectivity index is 2.19. The highest BCUT2D eigenvalue weighted by Crippen LogP contribution is 2.23. The normalized spacial score (nSPS) is 11.5. The van der Waals surface area contributed by atoms with Crippen LogP contribution in [0.25, 0.3) is 11.3 Å². The fourth-order valence-corrected chi connectivity index (χ4v) is 1.54. The van der Waals surface area contributed by atoms with E-state index in [0.717, 1.165) is 17.0 Å². The second kappa shape index (κ2) is 4.13. The van der Waals surface area contributed by atoms with Crippen LogP contribution in [0, 0.1) is 0 Å². The predicted molar refractivity (Wildman–Crippen MR) is 68.8 cm³/mol. The number of nitrogen functional groups attached to an aromatic ring is 1. The van der Waals surface area contributed by atoms with Crippen LogP contribution in [-0.2, 0) is 0 Å². The standard InChI is InChI=1S/C13H17N3O/c1-13(2,3)17-10-6-4-9(5-7-10)11-8-15-12(14)16-11/h4-8H,1-3H3,(H3,14,15,16). The summed E-state index contributed by atoms with van der Waals surface area (Å²) in [5.74, 6) is 1.28. The number of nitrogens with zero attached hydrogens (tertiary/aromatic N) is 1. The van der Waals surface area contributed by atoms with Crippen molar-refractivity contribution in [1.82, 2.24) is 9.97 Å². The summed E-state index contributed by atoms with van der Waals surface area (Å²) in [5, 5.41) is 0. The van der Waals surface area contributed by atoms with Gasteiger partial charge in [-0.25, -0.2) is 4.98 Å². The molecule has 17 heavy (non-hydrogen) atoms. The summed E-state index contributed by atoms with van der Waals surface area (Å²) in [4.78, 5) is 6.95. The van der Waals surface area contributed by atoms with Crippen LogP contribution in [0.4, 0.5) is 5.95 Å². The average Bonchev–Trinajstić information content (AvgIpc) is 2.63. The number of rotatable bonds is 2. The Bertz CT molecular complexity index is 494. The number of aromatic amines is 1. The summed E-state index contributed by atoms with van der Waals surface area (Å²) in [6, 6.07) is 7.84. The average molecular weight is 231 g/mol. The van der Waals surface area contributed by atoms with Crippen molar-refractivity contribution in [2.75, 3.05) is 5.73 Å². The maximum atomic E-state index is 5.75. The van der Waals surface area contributed by atoms with E-state index in [9.17, 15) is 0 Å². The molecule has 4 heteroatoms. The first-order valence-electron chi connectivity index (χ1n) is 5.54. The van der Waals surface area contributed by atoms with Crippen molar-refractivity contribution in [1.29, 1.82) is 0 Å².